The predicted molar refractivity (Wildman–Crippen MR) is 73.6 cm³/mol. The molecule has 92 valence electrons. The Hall–Kier alpha value is 1.35. The third-order valence-electron chi connectivity index (χ3n) is 5.30. The summed E-state index contributed by atoms with van der Waals surface area (Å²) in [6.07, 6.45) is 7.48. The fraction of sp³-hybridized carbons (Fsp3) is 1.00. The number of rotatable bonds is 2. The van der Waals surface area contributed by atoms with Crippen molar-refractivity contribution in [3.8, 4) is 0 Å². The summed E-state index contributed by atoms with van der Waals surface area (Å²) in [5, 5.41) is 1.09. The molecule has 0 aromatic carbocycles. The van der Waals surface area contributed by atoms with Gasteiger partial charge in [-0.1, -0.05) is 50.7 Å². The van der Waals surface area contributed by atoms with Gasteiger partial charge in [0.25, 0.3) is 0 Å². The van der Waals surface area contributed by atoms with Crippen molar-refractivity contribution in [1.82, 2.24) is 0 Å². The first-order valence-corrected chi connectivity index (χ1v) is 8.26. The fourth-order valence-electron chi connectivity index (χ4n) is 5.16. The molecule has 4 fully saturated rings. The molecule has 0 N–H and O–H groups in total. The maximum Gasteiger partial charge on any atom is 0.191 e. The third kappa shape index (κ3) is 1.68. The van der Waals surface area contributed by atoms with E-state index in [4.69, 9.17) is 34.8 Å². The second kappa shape index (κ2) is 3.68. The summed E-state index contributed by atoms with van der Waals surface area (Å²) in [6, 6.07) is 0. The summed E-state index contributed by atoms with van der Waals surface area (Å²) in [5.41, 5.74) is 0.750. The van der Waals surface area contributed by atoms with Crippen LogP contribution >= 0.6 is 50.7 Å². The molecular weight excluding hydrogens is 330 g/mol. The van der Waals surface area contributed by atoms with Crippen LogP contribution in [0.3, 0.4) is 0 Å². The van der Waals surface area contributed by atoms with Crippen LogP contribution in [0.2, 0.25) is 0 Å². The fourth-order valence-corrected chi connectivity index (χ4v) is 6.98. The van der Waals surface area contributed by atoms with E-state index in [1.54, 1.807) is 0 Å². The highest BCUT2D eigenvalue weighted by molar-refractivity contribution is 9.09. The van der Waals surface area contributed by atoms with Crippen LogP contribution in [0.25, 0.3) is 0 Å². The summed E-state index contributed by atoms with van der Waals surface area (Å²) >= 11 is 22.0. The molecule has 4 saturated carbocycles. The molecule has 16 heavy (non-hydrogen) atoms. The SMILES string of the molecule is ClC(Cl)(Cl)CC12C[C@@H]3C[C@H](CC1(CBr)C3)C2. The van der Waals surface area contributed by atoms with Gasteiger partial charge in [-0.05, 0) is 54.8 Å². The van der Waals surface area contributed by atoms with Crippen molar-refractivity contribution in [3.05, 3.63) is 0 Å². The predicted octanol–water partition coefficient (Wildman–Crippen LogP) is 5.34. The van der Waals surface area contributed by atoms with E-state index in [9.17, 15) is 0 Å². The molecule has 0 aromatic rings. The molecule has 4 heteroatoms. The zero-order chi connectivity index (χ0) is 11.6. The lowest BCUT2D eigenvalue weighted by atomic mass is 9.67. The molecule has 0 aromatic heterocycles. The van der Waals surface area contributed by atoms with E-state index in [0.29, 0.717) is 10.8 Å². The van der Waals surface area contributed by atoms with E-state index in [-0.39, 0.29) is 0 Å². The van der Waals surface area contributed by atoms with Crippen molar-refractivity contribution < 1.29 is 0 Å². The van der Waals surface area contributed by atoms with Crippen LogP contribution in [0.4, 0.5) is 0 Å². The molecule has 0 unspecified atom stereocenters. The largest absolute Gasteiger partial charge is 0.191 e. The van der Waals surface area contributed by atoms with Gasteiger partial charge < -0.3 is 0 Å². The van der Waals surface area contributed by atoms with E-state index < -0.39 is 3.79 Å². The number of halogens is 4. The van der Waals surface area contributed by atoms with E-state index in [1.807, 2.05) is 0 Å². The Kier molecular flexibility index (Phi) is 2.85. The van der Waals surface area contributed by atoms with Gasteiger partial charge in [0.15, 0.2) is 3.79 Å². The van der Waals surface area contributed by atoms with Crippen molar-refractivity contribution in [1.29, 1.82) is 0 Å². The van der Waals surface area contributed by atoms with Crippen LogP contribution in [0.1, 0.15) is 38.5 Å². The number of hydrogen-bond donors (Lipinski definition) is 0. The van der Waals surface area contributed by atoms with Crippen molar-refractivity contribution >= 4 is 50.7 Å². The van der Waals surface area contributed by atoms with Crippen molar-refractivity contribution in [2.45, 2.75) is 42.3 Å². The van der Waals surface area contributed by atoms with Gasteiger partial charge in [-0.2, -0.15) is 0 Å². The molecule has 0 radical (unpaired) electrons. The average molecular weight is 347 g/mol. The lowest BCUT2D eigenvalue weighted by molar-refractivity contribution is 0.126. The summed E-state index contributed by atoms with van der Waals surface area (Å²) in [7, 11) is 0. The first-order chi connectivity index (χ1) is 7.38. The van der Waals surface area contributed by atoms with Crippen molar-refractivity contribution in [2.24, 2.45) is 22.7 Å². The van der Waals surface area contributed by atoms with Crippen LogP contribution in [0.5, 0.6) is 0 Å². The maximum atomic E-state index is 6.07. The molecule has 0 heterocycles. The molecule has 0 spiro atoms. The van der Waals surface area contributed by atoms with E-state index in [2.05, 4.69) is 15.9 Å². The second-order valence-electron chi connectivity index (χ2n) is 6.27. The molecule has 4 aliphatic carbocycles. The quantitative estimate of drug-likeness (QED) is 0.592. The second-order valence-corrected chi connectivity index (χ2v) is 9.35. The van der Waals surface area contributed by atoms with Crippen LogP contribution in [-0.4, -0.2) is 9.12 Å². The van der Waals surface area contributed by atoms with Gasteiger partial charge in [0.1, 0.15) is 0 Å². The van der Waals surface area contributed by atoms with Crippen LogP contribution < -0.4 is 0 Å². The Bertz CT molecular complexity index is 296. The van der Waals surface area contributed by atoms with Crippen LogP contribution in [0, 0.1) is 22.7 Å². The smallest absolute Gasteiger partial charge is 0.0922 e. The molecule has 0 nitrogen and oxygen atoms in total. The van der Waals surface area contributed by atoms with Gasteiger partial charge in [0.05, 0.1) is 0 Å². The lowest BCUT2D eigenvalue weighted by Crippen LogP contribution is -2.37. The van der Waals surface area contributed by atoms with Gasteiger partial charge in [-0.3, -0.25) is 0 Å². The normalized spacial score (nSPS) is 50.2. The number of hydrogen-bond acceptors (Lipinski definition) is 0. The van der Waals surface area contributed by atoms with Gasteiger partial charge in [0, 0.05) is 11.8 Å². The van der Waals surface area contributed by atoms with Crippen molar-refractivity contribution in [3.63, 3.8) is 0 Å². The lowest BCUT2D eigenvalue weighted by Gasteiger charge is -2.41. The van der Waals surface area contributed by atoms with E-state index >= 15 is 0 Å². The minimum Gasteiger partial charge on any atom is -0.0922 e. The molecule has 4 rings (SSSR count). The maximum absolute atomic E-state index is 6.07. The molecular formula is C12H16BrCl3. The zero-order valence-corrected chi connectivity index (χ0v) is 13.0. The highest BCUT2D eigenvalue weighted by atomic mass is 79.9. The molecule has 4 aliphatic rings. The summed E-state index contributed by atoms with van der Waals surface area (Å²) in [6.45, 7) is 0. The van der Waals surface area contributed by atoms with Crippen LogP contribution in [-0.2, 0) is 0 Å². The Balaban J connectivity index is 1.94. The van der Waals surface area contributed by atoms with Crippen LogP contribution in [0.15, 0.2) is 0 Å². The van der Waals surface area contributed by atoms with E-state index in [1.165, 1.54) is 32.1 Å². The Morgan fingerprint density at radius 2 is 1.50 bits per heavy atom. The Morgan fingerprint density at radius 3 is 1.94 bits per heavy atom. The molecule has 4 bridgehead atoms. The van der Waals surface area contributed by atoms with Gasteiger partial charge in [-0.25, -0.2) is 0 Å². The Morgan fingerprint density at radius 1 is 1.00 bits per heavy atom. The van der Waals surface area contributed by atoms with Gasteiger partial charge >= 0.3 is 0 Å². The third-order valence-corrected chi connectivity index (χ3v) is 6.78. The molecule has 0 amide bonds. The molecule has 2 atom stereocenters. The molecule has 0 aliphatic heterocycles. The average Bonchev–Trinajstić information content (AvgIpc) is 2.43. The topological polar surface area (TPSA) is 0 Å². The van der Waals surface area contributed by atoms with Gasteiger partial charge in [-0.15, -0.1) is 0 Å². The highest BCUT2D eigenvalue weighted by Crippen LogP contribution is 2.75. The van der Waals surface area contributed by atoms with Crippen molar-refractivity contribution in [2.75, 3.05) is 5.33 Å². The standard InChI is InChI=1S/C12H16BrCl3/c13-7-11-4-8-1-9(5-11)3-10(11,2-8)6-12(14,15)16/h8-9H,1-7H2/t8-,9-,10?,11?/m0/s1. The molecule has 0 saturated heterocycles. The van der Waals surface area contributed by atoms with Gasteiger partial charge in [0.2, 0.25) is 0 Å². The summed E-state index contributed by atoms with van der Waals surface area (Å²) in [5.74, 6) is 1.80. The summed E-state index contributed by atoms with van der Waals surface area (Å²) in [4.78, 5) is 0. The summed E-state index contributed by atoms with van der Waals surface area (Å²) < 4.78 is -1.07. The number of alkyl halides is 4. The first kappa shape index (κ1) is 12.4. The van der Waals surface area contributed by atoms with E-state index in [0.717, 1.165) is 23.6 Å². The Labute approximate surface area is 121 Å². The first-order valence-electron chi connectivity index (χ1n) is 6.01. The minimum atomic E-state index is -1.07. The minimum absolute atomic E-state index is 0.315. The zero-order valence-electron chi connectivity index (χ0n) is 9.12. The highest BCUT2D eigenvalue weighted by Gasteiger charge is 2.66. The monoisotopic (exact) mass is 344 g/mol.